The van der Waals surface area contributed by atoms with Crippen LogP contribution in [0.25, 0.3) is 0 Å². The maximum atomic E-state index is 12.5. The van der Waals surface area contributed by atoms with E-state index in [9.17, 15) is 4.79 Å². The average molecular weight is 304 g/mol. The molecule has 0 spiro atoms. The fraction of sp³-hybridized carbons (Fsp3) is 0.400. The zero-order valence-electron chi connectivity index (χ0n) is 12.5. The lowest BCUT2D eigenvalue weighted by Crippen LogP contribution is -2.30. The average Bonchev–Trinajstić information content (AvgIpc) is 2.92. The van der Waals surface area contributed by atoms with E-state index in [-0.39, 0.29) is 11.9 Å². The lowest BCUT2D eigenvalue weighted by Gasteiger charge is -2.18. The Labute approximate surface area is 129 Å². The molecule has 5 nitrogen and oxygen atoms in total. The molecule has 0 aliphatic rings. The predicted molar refractivity (Wildman–Crippen MR) is 84.3 cm³/mol. The Morgan fingerprint density at radius 3 is 2.86 bits per heavy atom. The van der Waals surface area contributed by atoms with Crippen molar-refractivity contribution in [3.8, 4) is 0 Å². The Bertz CT molecular complexity index is 611. The van der Waals surface area contributed by atoms with Gasteiger partial charge < -0.3 is 9.88 Å². The first kappa shape index (κ1) is 15.6. The topological polar surface area (TPSA) is 59.8 Å². The number of hydrogen-bond donors (Lipinski definition) is 1. The Kier molecular flexibility index (Phi) is 5.38. The van der Waals surface area contributed by atoms with E-state index in [1.54, 1.807) is 24.5 Å². The van der Waals surface area contributed by atoms with Gasteiger partial charge in [-0.25, -0.2) is 9.97 Å². The number of hydrogen-bond acceptors (Lipinski definition) is 4. The number of pyridine rings is 1. The molecule has 0 aliphatic carbocycles. The largest absolute Gasteiger partial charge is 0.342 e. The molecule has 0 radical (unpaired) electrons. The van der Waals surface area contributed by atoms with Crippen molar-refractivity contribution in [3.05, 3.63) is 42.1 Å². The van der Waals surface area contributed by atoms with Crippen LogP contribution in [0.1, 0.15) is 42.0 Å². The third kappa shape index (κ3) is 3.64. The molecule has 0 aliphatic heterocycles. The van der Waals surface area contributed by atoms with Crippen LogP contribution < -0.4 is 5.32 Å². The van der Waals surface area contributed by atoms with Crippen LogP contribution in [0, 0.1) is 0 Å². The summed E-state index contributed by atoms with van der Waals surface area (Å²) < 4.78 is 1.94. The van der Waals surface area contributed by atoms with Gasteiger partial charge in [0, 0.05) is 25.6 Å². The molecule has 21 heavy (non-hydrogen) atoms. The van der Waals surface area contributed by atoms with Crippen molar-refractivity contribution in [2.45, 2.75) is 30.8 Å². The van der Waals surface area contributed by atoms with E-state index in [4.69, 9.17) is 0 Å². The van der Waals surface area contributed by atoms with Gasteiger partial charge in [0.1, 0.15) is 10.9 Å². The Hall–Kier alpha value is -1.82. The lowest BCUT2D eigenvalue weighted by atomic mass is 10.1. The van der Waals surface area contributed by atoms with E-state index in [0.29, 0.717) is 5.56 Å². The third-order valence-corrected chi connectivity index (χ3v) is 3.97. The molecule has 112 valence electrons. The van der Waals surface area contributed by atoms with Gasteiger partial charge in [-0.15, -0.1) is 11.8 Å². The normalized spacial score (nSPS) is 12.1. The van der Waals surface area contributed by atoms with Crippen LogP contribution in [0.4, 0.5) is 0 Å². The van der Waals surface area contributed by atoms with E-state index >= 15 is 0 Å². The second-order valence-corrected chi connectivity index (χ2v) is 5.57. The van der Waals surface area contributed by atoms with Crippen molar-refractivity contribution in [1.82, 2.24) is 19.9 Å². The molecule has 2 heterocycles. The fourth-order valence-corrected chi connectivity index (χ4v) is 2.78. The van der Waals surface area contributed by atoms with Gasteiger partial charge in [0.25, 0.3) is 5.91 Å². The highest BCUT2D eigenvalue weighted by Gasteiger charge is 2.20. The van der Waals surface area contributed by atoms with E-state index in [1.165, 1.54) is 11.8 Å². The van der Waals surface area contributed by atoms with Gasteiger partial charge in [-0.2, -0.15) is 0 Å². The smallest absolute Gasteiger partial charge is 0.254 e. The van der Waals surface area contributed by atoms with Gasteiger partial charge in [0.05, 0.1) is 11.6 Å². The summed E-state index contributed by atoms with van der Waals surface area (Å²) in [5.41, 5.74) is 0.611. The first-order chi connectivity index (χ1) is 10.2. The molecule has 2 rings (SSSR count). The van der Waals surface area contributed by atoms with Gasteiger partial charge in [0.15, 0.2) is 0 Å². The molecule has 6 heteroatoms. The van der Waals surface area contributed by atoms with Crippen molar-refractivity contribution in [1.29, 1.82) is 0 Å². The number of carbonyl (C=O) groups excluding carboxylic acids is 1. The highest BCUT2D eigenvalue weighted by molar-refractivity contribution is 7.98. The Balaban J connectivity index is 2.21. The summed E-state index contributed by atoms with van der Waals surface area (Å²) in [6, 6.07) is 3.50. The van der Waals surface area contributed by atoms with Gasteiger partial charge in [-0.1, -0.05) is 13.3 Å². The monoisotopic (exact) mass is 304 g/mol. The molecule has 0 aromatic carbocycles. The highest BCUT2D eigenvalue weighted by Crippen LogP contribution is 2.20. The molecular formula is C15H20N4OS. The van der Waals surface area contributed by atoms with Crippen molar-refractivity contribution in [3.63, 3.8) is 0 Å². The number of nitrogens with one attached hydrogen (secondary N) is 1. The van der Waals surface area contributed by atoms with Crippen molar-refractivity contribution < 1.29 is 4.79 Å². The first-order valence-corrected chi connectivity index (χ1v) is 8.17. The molecule has 1 N–H and O–H groups in total. The van der Waals surface area contributed by atoms with Crippen LogP contribution in [-0.2, 0) is 7.05 Å². The molecule has 0 saturated carbocycles. The van der Waals surface area contributed by atoms with Crippen LogP contribution in [-0.4, -0.2) is 26.7 Å². The Morgan fingerprint density at radius 2 is 2.24 bits per heavy atom. The maximum Gasteiger partial charge on any atom is 0.254 e. The molecule has 0 saturated heterocycles. The standard InChI is InChI=1S/C15H20N4OS/c1-4-6-12(13-16-9-10-19(13)2)18-14(20)11-7-5-8-17-15(11)21-3/h5,7-10,12H,4,6H2,1-3H3,(H,18,20)/t12-/m0/s1. The molecular weight excluding hydrogens is 284 g/mol. The van der Waals surface area contributed by atoms with Crippen molar-refractivity contribution >= 4 is 17.7 Å². The van der Waals surface area contributed by atoms with Crippen molar-refractivity contribution in [2.75, 3.05) is 6.26 Å². The van der Waals surface area contributed by atoms with Crippen LogP contribution in [0.15, 0.2) is 35.7 Å². The number of amides is 1. The van der Waals surface area contributed by atoms with Crippen LogP contribution in [0.5, 0.6) is 0 Å². The molecule has 0 fully saturated rings. The molecule has 0 bridgehead atoms. The number of imidazole rings is 1. The number of thioether (sulfide) groups is 1. The quantitative estimate of drug-likeness (QED) is 0.834. The number of aromatic nitrogens is 3. The second-order valence-electron chi connectivity index (χ2n) is 4.77. The summed E-state index contributed by atoms with van der Waals surface area (Å²) in [5.74, 6) is 0.772. The minimum absolute atomic E-state index is 0.0857. The molecule has 2 aromatic heterocycles. The minimum atomic E-state index is -0.103. The van der Waals surface area contributed by atoms with E-state index in [1.807, 2.05) is 24.1 Å². The minimum Gasteiger partial charge on any atom is -0.342 e. The van der Waals surface area contributed by atoms with E-state index < -0.39 is 0 Å². The lowest BCUT2D eigenvalue weighted by molar-refractivity contribution is 0.0928. The van der Waals surface area contributed by atoms with Gasteiger partial charge >= 0.3 is 0 Å². The van der Waals surface area contributed by atoms with E-state index in [2.05, 4.69) is 22.2 Å². The predicted octanol–water partition coefficient (Wildman–Crippen LogP) is 2.81. The van der Waals surface area contributed by atoms with Gasteiger partial charge in [-0.3, -0.25) is 4.79 Å². The maximum absolute atomic E-state index is 12.5. The molecule has 1 atom stereocenters. The fourth-order valence-electron chi connectivity index (χ4n) is 2.23. The summed E-state index contributed by atoms with van der Waals surface area (Å²) in [6.45, 7) is 2.10. The SMILES string of the molecule is CCC[C@H](NC(=O)c1cccnc1SC)c1nccn1C. The molecule has 2 aromatic rings. The van der Waals surface area contributed by atoms with Crippen LogP contribution >= 0.6 is 11.8 Å². The number of aryl methyl sites for hydroxylation is 1. The zero-order valence-corrected chi connectivity index (χ0v) is 13.4. The number of carbonyl (C=O) groups is 1. The van der Waals surface area contributed by atoms with Gasteiger partial charge in [0.2, 0.25) is 0 Å². The van der Waals surface area contributed by atoms with E-state index in [0.717, 1.165) is 23.7 Å². The van der Waals surface area contributed by atoms with Crippen molar-refractivity contribution in [2.24, 2.45) is 7.05 Å². The van der Waals surface area contributed by atoms with Gasteiger partial charge in [-0.05, 0) is 24.8 Å². The third-order valence-electron chi connectivity index (χ3n) is 3.26. The van der Waals surface area contributed by atoms with Crippen LogP contribution in [0.3, 0.4) is 0 Å². The molecule has 1 amide bonds. The summed E-state index contributed by atoms with van der Waals surface area (Å²) >= 11 is 1.47. The van der Waals surface area contributed by atoms with Crippen LogP contribution in [0.2, 0.25) is 0 Å². The summed E-state index contributed by atoms with van der Waals surface area (Å²) in [5, 5.41) is 3.82. The Morgan fingerprint density at radius 1 is 1.43 bits per heavy atom. The number of rotatable bonds is 6. The summed E-state index contributed by atoms with van der Waals surface area (Å²) in [7, 11) is 1.94. The summed E-state index contributed by atoms with van der Waals surface area (Å²) in [4.78, 5) is 21.1. The number of nitrogens with zero attached hydrogens (tertiary/aromatic N) is 3. The highest BCUT2D eigenvalue weighted by atomic mass is 32.2. The second kappa shape index (κ2) is 7.26. The zero-order chi connectivity index (χ0) is 15.2. The summed E-state index contributed by atoms with van der Waals surface area (Å²) in [6.07, 6.45) is 9.08. The molecule has 0 unspecified atom stereocenters. The first-order valence-electron chi connectivity index (χ1n) is 6.94.